The molecule has 2 unspecified atom stereocenters. The fourth-order valence-corrected chi connectivity index (χ4v) is 6.77. The quantitative estimate of drug-likeness (QED) is 0.164. The van der Waals surface area contributed by atoms with Crippen LogP contribution < -0.4 is 0 Å². The van der Waals surface area contributed by atoms with Gasteiger partial charge in [-0.2, -0.15) is 4.40 Å². The second-order valence-corrected chi connectivity index (χ2v) is 16.0. The van der Waals surface area contributed by atoms with E-state index in [0.29, 0.717) is 24.2 Å². The van der Waals surface area contributed by atoms with Gasteiger partial charge in [0.1, 0.15) is 22.4 Å². The second-order valence-electron chi connectivity index (χ2n) is 13.2. The van der Waals surface area contributed by atoms with E-state index in [-0.39, 0.29) is 26.5 Å². The van der Waals surface area contributed by atoms with Crippen molar-refractivity contribution in [1.82, 2.24) is 4.90 Å². The van der Waals surface area contributed by atoms with E-state index in [2.05, 4.69) is 4.40 Å². The highest BCUT2D eigenvalue weighted by atomic mass is 32.2. The smallest absolute Gasteiger partial charge is 0.340 e. The van der Waals surface area contributed by atoms with Crippen LogP contribution in [0.25, 0.3) is 0 Å². The van der Waals surface area contributed by atoms with Gasteiger partial charge in [0.25, 0.3) is 0 Å². The third kappa shape index (κ3) is 9.13. The molecule has 0 saturated carbocycles. The summed E-state index contributed by atoms with van der Waals surface area (Å²) in [5, 5.41) is 0. The lowest BCUT2D eigenvalue weighted by molar-refractivity contribution is -0.265. The van der Waals surface area contributed by atoms with Crippen molar-refractivity contribution in [2.24, 2.45) is 16.2 Å². The first kappa shape index (κ1) is 36.0. The lowest BCUT2D eigenvalue weighted by atomic mass is 9.80. The normalized spacial score (nSPS) is 30.0. The molecule has 0 radical (unpaired) electrons. The molecule has 0 aromatic rings. The summed E-state index contributed by atoms with van der Waals surface area (Å²) in [7, 11) is 4.04. The van der Waals surface area contributed by atoms with E-state index in [1.165, 1.54) is 0 Å². The van der Waals surface area contributed by atoms with E-state index in [4.69, 9.17) is 23.7 Å². The molecule has 1 fully saturated rings. The van der Waals surface area contributed by atoms with Gasteiger partial charge in [0.2, 0.25) is 5.79 Å². The maximum Gasteiger partial charge on any atom is 0.340 e. The van der Waals surface area contributed by atoms with Gasteiger partial charge >= 0.3 is 5.97 Å². The molecule has 236 valence electrons. The molecule has 0 aromatic carbocycles. The van der Waals surface area contributed by atoms with Crippen LogP contribution in [0.5, 0.6) is 0 Å². The predicted octanol–water partition coefficient (Wildman–Crippen LogP) is 5.28. The minimum Gasteiger partial charge on any atom is -0.456 e. The summed E-state index contributed by atoms with van der Waals surface area (Å²) in [4.78, 5) is 14.8. The number of carbonyl (C=O) groups excluding carboxylic acids is 1. The van der Waals surface area contributed by atoms with E-state index in [9.17, 15) is 13.6 Å². The molecular formula is C29H51N2O8PS. The molecule has 9 atom stereocenters. The molecule has 2 heterocycles. The Kier molecular flexibility index (Phi) is 12.3. The molecule has 2 rings (SSSR count). The SMILES string of the molecule is CO[C@](C)(C[C@@H](C)C=N[S@@](=O)C(C)(C)C)[C@H](O[C@@H]1OC(C)CC(N(C)C)[C@H]1P=O)[C@@H](C)C1=C(C)C(=O)OC(C)(C)O1. The fourth-order valence-electron chi connectivity index (χ4n) is 5.37. The Hall–Kier alpha value is -1.23. The van der Waals surface area contributed by atoms with Crippen LogP contribution >= 0.6 is 8.46 Å². The Morgan fingerprint density at radius 2 is 1.83 bits per heavy atom. The second kappa shape index (κ2) is 14.0. The zero-order chi connectivity index (χ0) is 31.5. The van der Waals surface area contributed by atoms with Crippen LogP contribution in [0.15, 0.2) is 15.7 Å². The van der Waals surface area contributed by atoms with Crippen LogP contribution in [0.2, 0.25) is 0 Å². The molecule has 12 heteroatoms. The van der Waals surface area contributed by atoms with Crippen LogP contribution in [0.1, 0.15) is 82.1 Å². The first-order chi connectivity index (χ1) is 18.8. The number of hydrogen-bond donors (Lipinski definition) is 0. The molecule has 41 heavy (non-hydrogen) atoms. The van der Waals surface area contributed by atoms with Gasteiger partial charge in [0, 0.05) is 39.1 Å². The van der Waals surface area contributed by atoms with Gasteiger partial charge in [-0.1, -0.05) is 13.8 Å². The van der Waals surface area contributed by atoms with Crippen molar-refractivity contribution in [3.63, 3.8) is 0 Å². The zero-order valence-electron chi connectivity index (χ0n) is 27.0. The molecule has 10 nitrogen and oxygen atoms in total. The largest absolute Gasteiger partial charge is 0.456 e. The summed E-state index contributed by atoms with van der Waals surface area (Å²) in [6.07, 6.45) is 1.21. The molecule has 0 aromatic heterocycles. The van der Waals surface area contributed by atoms with Crippen LogP contribution in [0.4, 0.5) is 0 Å². The van der Waals surface area contributed by atoms with Gasteiger partial charge < -0.3 is 28.6 Å². The number of hydrogen-bond acceptors (Lipinski definition) is 9. The topological polar surface area (TPSA) is 113 Å². The van der Waals surface area contributed by atoms with Crippen molar-refractivity contribution in [1.29, 1.82) is 0 Å². The zero-order valence-corrected chi connectivity index (χ0v) is 28.8. The molecule has 0 N–H and O–H groups in total. The van der Waals surface area contributed by atoms with Crippen molar-refractivity contribution in [3.8, 4) is 0 Å². The first-order valence-corrected chi connectivity index (χ1v) is 16.2. The number of cyclic esters (lactones) is 1. The van der Waals surface area contributed by atoms with Gasteiger partial charge in [0.05, 0.1) is 28.1 Å². The number of methoxy groups -OCH3 is 1. The van der Waals surface area contributed by atoms with E-state index < -0.39 is 57.1 Å². The number of esters is 1. The van der Waals surface area contributed by atoms with E-state index in [1.807, 2.05) is 67.5 Å². The van der Waals surface area contributed by atoms with Gasteiger partial charge in [-0.3, -0.25) is 4.57 Å². The summed E-state index contributed by atoms with van der Waals surface area (Å²) in [6, 6.07) is -0.0353. The average Bonchev–Trinajstić information content (AvgIpc) is 2.86. The summed E-state index contributed by atoms with van der Waals surface area (Å²) < 4.78 is 59.8. The Balaban J connectivity index is 2.56. The highest BCUT2D eigenvalue weighted by Crippen LogP contribution is 2.41. The van der Waals surface area contributed by atoms with Crippen LogP contribution in [-0.2, 0) is 44.0 Å². The van der Waals surface area contributed by atoms with Gasteiger partial charge in [0.15, 0.2) is 14.8 Å². The summed E-state index contributed by atoms with van der Waals surface area (Å²) in [5.41, 5.74) is -1.05. The molecule has 0 spiro atoms. The maximum absolute atomic E-state index is 12.8. The van der Waals surface area contributed by atoms with Crippen LogP contribution in [0.3, 0.4) is 0 Å². The van der Waals surface area contributed by atoms with Crippen molar-refractivity contribution in [2.75, 3.05) is 21.2 Å². The highest BCUT2D eigenvalue weighted by Gasteiger charge is 2.49. The fraction of sp³-hybridized carbons (Fsp3) is 0.862. The number of rotatable bonds is 12. The minimum atomic E-state index is -1.40. The monoisotopic (exact) mass is 618 g/mol. The van der Waals surface area contributed by atoms with Gasteiger partial charge in [-0.05, 0) is 74.4 Å². The lowest BCUT2D eigenvalue weighted by Gasteiger charge is -2.47. The van der Waals surface area contributed by atoms with Crippen molar-refractivity contribution in [2.45, 2.75) is 128 Å². The standard InChI is InChI=1S/C29H51N2O8PS/c1-17(16-30-41(34)27(5,6)7)15-29(10,35-13)24(19(3)22-20(4)25(32)39-28(8,9)38-22)37-26-23(40-33)21(31(11)12)14-18(2)36-26/h16-19,21,23-24,26H,14-15H2,1-13H3/t17-,18?,19+,21?,23-,24-,26+,29-,41+/m1/s1. The molecule has 2 aliphatic rings. The van der Waals surface area contributed by atoms with Crippen molar-refractivity contribution < 1.29 is 37.3 Å². The molecule has 0 bridgehead atoms. The summed E-state index contributed by atoms with van der Waals surface area (Å²) >= 11 is 0. The van der Waals surface area contributed by atoms with Crippen molar-refractivity contribution in [3.05, 3.63) is 11.3 Å². The highest BCUT2D eigenvalue weighted by molar-refractivity contribution is 7.85. The first-order valence-electron chi connectivity index (χ1n) is 14.2. The van der Waals surface area contributed by atoms with E-state index in [1.54, 1.807) is 34.1 Å². The molecule has 0 amide bonds. The Morgan fingerprint density at radius 1 is 1.22 bits per heavy atom. The molecule has 2 aliphatic heterocycles. The lowest BCUT2D eigenvalue weighted by Crippen LogP contribution is -2.57. The Labute approximate surface area is 250 Å². The molecular weight excluding hydrogens is 567 g/mol. The maximum atomic E-state index is 12.8. The summed E-state index contributed by atoms with van der Waals surface area (Å²) in [6.45, 7) is 18.5. The number of nitrogens with zero attached hydrogens (tertiary/aromatic N) is 2. The third-order valence-corrected chi connectivity index (χ3v) is 9.84. The van der Waals surface area contributed by atoms with Gasteiger partial charge in [-0.15, -0.1) is 0 Å². The molecule has 1 saturated heterocycles. The average molecular weight is 619 g/mol. The van der Waals surface area contributed by atoms with E-state index in [0.717, 1.165) is 0 Å². The number of ether oxygens (including phenoxy) is 5. The van der Waals surface area contributed by atoms with Crippen LogP contribution in [-0.4, -0.2) is 88.8 Å². The van der Waals surface area contributed by atoms with Crippen molar-refractivity contribution >= 4 is 31.6 Å². The predicted molar refractivity (Wildman–Crippen MR) is 161 cm³/mol. The Morgan fingerprint density at radius 3 is 2.34 bits per heavy atom. The Bertz CT molecular complexity index is 1030. The number of carbonyl (C=O) groups is 1. The third-order valence-electron chi connectivity index (χ3n) is 7.65. The minimum absolute atomic E-state index is 0.0353. The molecule has 0 aliphatic carbocycles. The van der Waals surface area contributed by atoms with E-state index >= 15 is 0 Å². The van der Waals surface area contributed by atoms with Crippen LogP contribution in [0, 0.1) is 11.8 Å². The summed E-state index contributed by atoms with van der Waals surface area (Å²) in [5.74, 6) is -1.80. The van der Waals surface area contributed by atoms with Gasteiger partial charge in [-0.25, -0.2) is 9.00 Å².